The molecule has 0 atom stereocenters. The first-order valence-corrected chi connectivity index (χ1v) is 9.99. The summed E-state index contributed by atoms with van der Waals surface area (Å²) in [4.78, 5) is 20.8. The van der Waals surface area contributed by atoms with Gasteiger partial charge in [-0.3, -0.25) is 20.2 Å². The first-order valence-electron chi connectivity index (χ1n) is 8.55. The Hall–Kier alpha value is -3.05. The fourth-order valence-corrected chi connectivity index (χ4v) is 4.51. The van der Waals surface area contributed by atoms with Crippen molar-refractivity contribution in [2.24, 2.45) is 0 Å². The number of nitro groups is 2. The van der Waals surface area contributed by atoms with Gasteiger partial charge < -0.3 is 5.32 Å². The summed E-state index contributed by atoms with van der Waals surface area (Å²) in [7, 11) is -3.49. The van der Waals surface area contributed by atoms with E-state index in [4.69, 9.17) is 0 Å². The second-order valence-electron chi connectivity index (χ2n) is 6.32. The Morgan fingerprint density at radius 1 is 0.964 bits per heavy atom. The summed E-state index contributed by atoms with van der Waals surface area (Å²) >= 11 is 0. The highest BCUT2D eigenvalue weighted by Gasteiger charge is 2.27. The number of hydrogen-bond donors (Lipinski definition) is 1. The molecular formula is C17H18N4O6S. The maximum Gasteiger partial charge on any atom is 0.299 e. The van der Waals surface area contributed by atoms with Crippen molar-refractivity contribution in [2.45, 2.75) is 24.3 Å². The van der Waals surface area contributed by atoms with Gasteiger partial charge in [0.25, 0.3) is 11.4 Å². The fourth-order valence-electron chi connectivity index (χ4n) is 2.99. The topological polar surface area (TPSA) is 136 Å². The van der Waals surface area contributed by atoms with Crippen LogP contribution >= 0.6 is 0 Å². The summed E-state index contributed by atoms with van der Waals surface area (Å²) in [5.41, 5.74) is 0.0912. The second-order valence-corrected chi connectivity index (χ2v) is 8.26. The summed E-state index contributed by atoms with van der Waals surface area (Å²) in [6.07, 6.45) is 1.71. The summed E-state index contributed by atoms with van der Waals surface area (Å²) < 4.78 is 26.5. The number of benzene rings is 2. The van der Waals surface area contributed by atoms with E-state index in [1.807, 2.05) is 0 Å². The van der Waals surface area contributed by atoms with Gasteiger partial charge in [-0.1, -0.05) is 12.1 Å². The maximum absolute atomic E-state index is 12.5. The van der Waals surface area contributed by atoms with Crippen LogP contribution in [0.1, 0.15) is 18.4 Å². The third-order valence-electron chi connectivity index (χ3n) is 4.50. The number of nitrogens with zero attached hydrogens (tertiary/aromatic N) is 3. The van der Waals surface area contributed by atoms with Crippen LogP contribution in [0.2, 0.25) is 0 Å². The second kappa shape index (κ2) is 7.90. The zero-order chi connectivity index (χ0) is 20.3. The Morgan fingerprint density at radius 2 is 1.61 bits per heavy atom. The SMILES string of the molecule is O=[N+]([O-])c1ccc(NCc2ccc(S(=O)(=O)N3CCCC3)cc2)c([N+](=O)[O-])c1. The third-order valence-corrected chi connectivity index (χ3v) is 6.41. The van der Waals surface area contributed by atoms with Gasteiger partial charge in [0.05, 0.1) is 20.8 Å². The van der Waals surface area contributed by atoms with E-state index in [-0.39, 0.29) is 22.8 Å². The van der Waals surface area contributed by atoms with Crippen LogP contribution in [0.4, 0.5) is 17.1 Å². The van der Waals surface area contributed by atoms with Crippen molar-refractivity contribution >= 4 is 27.1 Å². The van der Waals surface area contributed by atoms with E-state index in [0.717, 1.165) is 18.9 Å². The smallest absolute Gasteiger partial charge is 0.299 e. The lowest BCUT2D eigenvalue weighted by Crippen LogP contribution is -2.27. The van der Waals surface area contributed by atoms with Gasteiger partial charge in [0.15, 0.2) is 0 Å². The molecule has 2 aromatic carbocycles. The average Bonchev–Trinajstić information content (AvgIpc) is 3.22. The van der Waals surface area contributed by atoms with Gasteiger partial charge in [-0.05, 0) is 36.6 Å². The lowest BCUT2D eigenvalue weighted by molar-refractivity contribution is -0.393. The Bertz CT molecular complexity index is 1000. The van der Waals surface area contributed by atoms with Gasteiger partial charge in [-0.15, -0.1) is 0 Å². The number of non-ortho nitro benzene ring substituents is 1. The minimum Gasteiger partial charge on any atom is -0.375 e. The van der Waals surface area contributed by atoms with E-state index in [1.54, 1.807) is 12.1 Å². The molecule has 1 saturated heterocycles. The van der Waals surface area contributed by atoms with Crippen molar-refractivity contribution in [3.63, 3.8) is 0 Å². The molecule has 0 unspecified atom stereocenters. The first-order chi connectivity index (χ1) is 13.3. The van der Waals surface area contributed by atoms with E-state index in [1.165, 1.54) is 28.6 Å². The van der Waals surface area contributed by atoms with Crippen LogP contribution in [0.3, 0.4) is 0 Å². The first kappa shape index (κ1) is 19.7. The third kappa shape index (κ3) is 4.10. The number of anilines is 1. The summed E-state index contributed by atoms with van der Waals surface area (Å²) in [6.45, 7) is 1.24. The Labute approximate surface area is 161 Å². The van der Waals surface area contributed by atoms with E-state index < -0.39 is 25.6 Å². The molecule has 0 saturated carbocycles. The molecule has 1 fully saturated rings. The Morgan fingerprint density at radius 3 is 2.18 bits per heavy atom. The quantitative estimate of drug-likeness (QED) is 0.551. The van der Waals surface area contributed by atoms with Gasteiger partial charge >= 0.3 is 0 Å². The zero-order valence-electron chi connectivity index (χ0n) is 14.8. The highest BCUT2D eigenvalue weighted by molar-refractivity contribution is 7.89. The van der Waals surface area contributed by atoms with Crippen LogP contribution < -0.4 is 5.32 Å². The molecule has 11 heteroatoms. The van der Waals surface area contributed by atoms with Crippen LogP contribution in [-0.2, 0) is 16.6 Å². The minimum atomic E-state index is -3.49. The molecule has 28 heavy (non-hydrogen) atoms. The van der Waals surface area contributed by atoms with Crippen LogP contribution in [0, 0.1) is 20.2 Å². The molecule has 3 rings (SSSR count). The lowest BCUT2D eigenvalue weighted by atomic mass is 10.2. The van der Waals surface area contributed by atoms with Gasteiger partial charge in [-0.2, -0.15) is 4.31 Å². The van der Waals surface area contributed by atoms with E-state index >= 15 is 0 Å². The molecule has 2 aromatic rings. The van der Waals surface area contributed by atoms with Crippen LogP contribution in [0.5, 0.6) is 0 Å². The molecule has 1 aliphatic heterocycles. The van der Waals surface area contributed by atoms with E-state index in [2.05, 4.69) is 5.32 Å². The predicted octanol–water partition coefficient (Wildman–Crippen LogP) is 2.90. The number of hydrogen-bond acceptors (Lipinski definition) is 7. The highest BCUT2D eigenvalue weighted by atomic mass is 32.2. The van der Waals surface area contributed by atoms with Crippen molar-refractivity contribution < 1.29 is 18.3 Å². The normalized spacial score (nSPS) is 14.7. The molecular weight excluding hydrogens is 388 g/mol. The molecule has 0 aliphatic carbocycles. The zero-order valence-corrected chi connectivity index (χ0v) is 15.6. The number of rotatable bonds is 7. The van der Waals surface area contributed by atoms with Crippen molar-refractivity contribution in [3.8, 4) is 0 Å². The molecule has 1 N–H and O–H groups in total. The van der Waals surface area contributed by atoms with E-state index in [9.17, 15) is 28.6 Å². The summed E-state index contributed by atoms with van der Waals surface area (Å²) in [5.74, 6) is 0. The molecule has 1 aliphatic rings. The maximum atomic E-state index is 12.5. The molecule has 148 valence electrons. The van der Waals surface area contributed by atoms with Gasteiger partial charge in [-0.25, -0.2) is 8.42 Å². The minimum absolute atomic E-state index is 0.143. The molecule has 0 amide bonds. The number of sulfonamides is 1. The van der Waals surface area contributed by atoms with E-state index in [0.29, 0.717) is 18.7 Å². The van der Waals surface area contributed by atoms with Gasteiger partial charge in [0.1, 0.15) is 5.69 Å². The van der Waals surface area contributed by atoms with Crippen molar-refractivity contribution in [1.29, 1.82) is 0 Å². The van der Waals surface area contributed by atoms with Gasteiger partial charge in [0, 0.05) is 25.7 Å². The Balaban J connectivity index is 1.73. The monoisotopic (exact) mass is 406 g/mol. The van der Waals surface area contributed by atoms with Crippen molar-refractivity contribution in [3.05, 3.63) is 68.3 Å². The standard InChI is InChI=1S/C17H18N4O6S/c22-20(23)14-5-8-16(17(11-14)21(24)25)18-12-13-3-6-15(7-4-13)28(26,27)19-9-1-2-10-19/h3-8,11,18H,1-2,9-10,12H2. The van der Waals surface area contributed by atoms with Crippen LogP contribution in [-0.4, -0.2) is 35.7 Å². The highest BCUT2D eigenvalue weighted by Crippen LogP contribution is 2.29. The summed E-state index contributed by atoms with van der Waals surface area (Å²) in [5, 5.41) is 24.8. The fraction of sp³-hybridized carbons (Fsp3) is 0.294. The number of nitro benzene ring substituents is 2. The Kier molecular flexibility index (Phi) is 5.56. The average molecular weight is 406 g/mol. The lowest BCUT2D eigenvalue weighted by Gasteiger charge is -2.15. The van der Waals surface area contributed by atoms with Crippen molar-refractivity contribution in [1.82, 2.24) is 4.31 Å². The molecule has 1 heterocycles. The predicted molar refractivity (Wildman–Crippen MR) is 102 cm³/mol. The van der Waals surface area contributed by atoms with Crippen LogP contribution in [0.15, 0.2) is 47.4 Å². The largest absolute Gasteiger partial charge is 0.375 e. The summed E-state index contributed by atoms with van der Waals surface area (Å²) in [6, 6.07) is 9.64. The number of nitrogens with one attached hydrogen (secondary N) is 1. The molecule has 0 aromatic heterocycles. The van der Waals surface area contributed by atoms with Crippen molar-refractivity contribution in [2.75, 3.05) is 18.4 Å². The molecule has 0 radical (unpaired) electrons. The van der Waals surface area contributed by atoms with Crippen LogP contribution in [0.25, 0.3) is 0 Å². The molecule has 10 nitrogen and oxygen atoms in total. The molecule has 0 spiro atoms. The van der Waals surface area contributed by atoms with Gasteiger partial charge in [0.2, 0.25) is 10.0 Å². The molecule has 0 bridgehead atoms.